The first kappa shape index (κ1) is 19.4. The van der Waals surface area contributed by atoms with Crippen molar-refractivity contribution in [2.24, 2.45) is 0 Å². The quantitative estimate of drug-likeness (QED) is 0.619. The third-order valence-electron chi connectivity index (χ3n) is 3.74. The lowest BCUT2D eigenvalue weighted by atomic mass is 10.2. The number of amides is 3. The summed E-state index contributed by atoms with van der Waals surface area (Å²) in [5, 5.41) is 16.1. The van der Waals surface area contributed by atoms with Crippen molar-refractivity contribution in [1.29, 1.82) is 0 Å². The second-order valence-electron chi connectivity index (χ2n) is 5.71. The van der Waals surface area contributed by atoms with Crippen molar-refractivity contribution in [3.05, 3.63) is 42.0 Å². The van der Waals surface area contributed by atoms with Crippen LogP contribution in [0.25, 0.3) is 0 Å². The third kappa shape index (κ3) is 5.28. The number of carbonyl (C=O) groups is 2. The first-order valence-electron chi connectivity index (χ1n) is 8.31. The standard InChI is InChI=1S/C17H24N6O3/c1-12(15-22-19-11-23(15)8-5-9-26-3)20-17(25)21-14-7-4-6-13(10-14)16(24)18-2/h4,6-7,10-12H,5,8-9H2,1-3H3,(H,18,24)(H2,20,21,25). The highest BCUT2D eigenvalue weighted by Gasteiger charge is 2.16. The Morgan fingerprint density at radius 3 is 2.88 bits per heavy atom. The van der Waals surface area contributed by atoms with E-state index < -0.39 is 6.03 Å². The number of anilines is 1. The monoisotopic (exact) mass is 360 g/mol. The van der Waals surface area contributed by atoms with Crippen LogP contribution in [0.1, 0.15) is 35.6 Å². The largest absolute Gasteiger partial charge is 0.385 e. The minimum atomic E-state index is -0.391. The SMILES string of the molecule is CNC(=O)c1cccc(NC(=O)NC(C)c2nncn2CCCOC)c1. The summed E-state index contributed by atoms with van der Waals surface area (Å²) in [7, 11) is 3.21. The van der Waals surface area contributed by atoms with Gasteiger partial charge in [0.15, 0.2) is 5.82 Å². The lowest BCUT2D eigenvalue weighted by Gasteiger charge is -2.15. The van der Waals surface area contributed by atoms with Crippen LogP contribution in [-0.2, 0) is 11.3 Å². The Balaban J connectivity index is 1.95. The fraction of sp³-hybridized carbons (Fsp3) is 0.412. The number of carbonyl (C=O) groups excluding carboxylic acids is 2. The number of aryl methyl sites for hydroxylation is 1. The topological polar surface area (TPSA) is 110 Å². The molecule has 1 aromatic carbocycles. The Bertz CT molecular complexity index is 746. The molecule has 3 N–H and O–H groups in total. The van der Waals surface area contributed by atoms with Crippen molar-refractivity contribution in [1.82, 2.24) is 25.4 Å². The molecule has 1 aromatic heterocycles. The first-order chi connectivity index (χ1) is 12.5. The van der Waals surface area contributed by atoms with Crippen LogP contribution in [0, 0.1) is 0 Å². The number of rotatable bonds is 8. The molecule has 0 spiro atoms. The van der Waals surface area contributed by atoms with E-state index in [0.717, 1.165) is 6.42 Å². The van der Waals surface area contributed by atoms with E-state index in [1.165, 1.54) is 0 Å². The molecule has 0 saturated carbocycles. The smallest absolute Gasteiger partial charge is 0.319 e. The molecule has 26 heavy (non-hydrogen) atoms. The zero-order chi connectivity index (χ0) is 18.9. The Labute approximate surface area is 152 Å². The van der Waals surface area contributed by atoms with Crippen LogP contribution in [0.4, 0.5) is 10.5 Å². The summed E-state index contributed by atoms with van der Waals surface area (Å²) in [6.45, 7) is 3.18. The lowest BCUT2D eigenvalue weighted by Crippen LogP contribution is -2.32. The van der Waals surface area contributed by atoms with Gasteiger partial charge in [-0.1, -0.05) is 6.07 Å². The minimum Gasteiger partial charge on any atom is -0.385 e. The number of nitrogens with zero attached hydrogens (tertiary/aromatic N) is 3. The molecule has 0 bridgehead atoms. The van der Waals surface area contributed by atoms with Crippen LogP contribution in [-0.4, -0.2) is 47.5 Å². The molecule has 3 amide bonds. The van der Waals surface area contributed by atoms with Gasteiger partial charge < -0.3 is 25.3 Å². The number of aromatic nitrogens is 3. The number of hydrogen-bond donors (Lipinski definition) is 3. The maximum absolute atomic E-state index is 12.2. The third-order valence-corrected chi connectivity index (χ3v) is 3.74. The molecule has 0 fully saturated rings. The second kappa shape index (κ2) is 9.52. The number of benzene rings is 1. The van der Waals surface area contributed by atoms with Gasteiger partial charge in [0.1, 0.15) is 6.33 Å². The maximum atomic E-state index is 12.2. The van der Waals surface area contributed by atoms with Crippen LogP contribution in [0.15, 0.2) is 30.6 Å². The van der Waals surface area contributed by atoms with Crippen molar-refractivity contribution in [3.8, 4) is 0 Å². The van der Waals surface area contributed by atoms with Crippen LogP contribution in [0.5, 0.6) is 0 Å². The molecule has 0 aliphatic rings. The molecule has 2 rings (SSSR count). The molecule has 2 aromatic rings. The van der Waals surface area contributed by atoms with Crippen molar-refractivity contribution < 1.29 is 14.3 Å². The maximum Gasteiger partial charge on any atom is 0.319 e. The Kier molecular flexibility index (Phi) is 7.10. The van der Waals surface area contributed by atoms with Gasteiger partial charge in [0.2, 0.25) is 0 Å². The van der Waals surface area contributed by atoms with E-state index in [-0.39, 0.29) is 11.9 Å². The van der Waals surface area contributed by atoms with Crippen molar-refractivity contribution in [2.75, 3.05) is 26.1 Å². The summed E-state index contributed by atoms with van der Waals surface area (Å²) < 4.78 is 6.93. The van der Waals surface area contributed by atoms with E-state index in [0.29, 0.717) is 30.2 Å². The van der Waals surface area contributed by atoms with E-state index in [9.17, 15) is 9.59 Å². The summed E-state index contributed by atoms with van der Waals surface area (Å²) in [5.74, 6) is 0.446. The summed E-state index contributed by atoms with van der Waals surface area (Å²) in [6.07, 6.45) is 2.46. The van der Waals surface area contributed by atoms with E-state index >= 15 is 0 Å². The predicted molar refractivity (Wildman–Crippen MR) is 96.9 cm³/mol. The molecule has 140 valence electrons. The fourth-order valence-corrected chi connectivity index (χ4v) is 2.46. The van der Waals surface area contributed by atoms with Crippen molar-refractivity contribution >= 4 is 17.6 Å². The van der Waals surface area contributed by atoms with E-state index in [1.54, 1.807) is 44.8 Å². The fourth-order valence-electron chi connectivity index (χ4n) is 2.46. The molecule has 0 aliphatic carbocycles. The van der Waals surface area contributed by atoms with E-state index in [2.05, 4.69) is 26.1 Å². The van der Waals surface area contributed by atoms with Gasteiger partial charge >= 0.3 is 6.03 Å². The summed E-state index contributed by atoms with van der Waals surface area (Å²) in [4.78, 5) is 23.9. The molecular weight excluding hydrogens is 336 g/mol. The Morgan fingerprint density at radius 1 is 1.35 bits per heavy atom. The average Bonchev–Trinajstić information content (AvgIpc) is 3.10. The highest BCUT2D eigenvalue weighted by molar-refractivity contribution is 5.96. The average molecular weight is 360 g/mol. The molecular formula is C17H24N6O3. The van der Waals surface area contributed by atoms with Gasteiger partial charge in [-0.15, -0.1) is 10.2 Å². The van der Waals surface area contributed by atoms with Crippen molar-refractivity contribution in [2.45, 2.75) is 25.9 Å². The summed E-state index contributed by atoms with van der Waals surface area (Å²) in [6, 6.07) is 5.98. The van der Waals surface area contributed by atoms with Gasteiger partial charge in [-0.05, 0) is 31.5 Å². The van der Waals surface area contributed by atoms with Crippen LogP contribution >= 0.6 is 0 Å². The molecule has 0 radical (unpaired) electrons. The zero-order valence-electron chi connectivity index (χ0n) is 15.2. The number of urea groups is 1. The predicted octanol–water partition coefficient (Wildman–Crippen LogP) is 1.56. The van der Waals surface area contributed by atoms with E-state index in [4.69, 9.17) is 4.74 Å². The number of nitrogens with one attached hydrogen (secondary N) is 3. The van der Waals surface area contributed by atoms with Gasteiger partial charge in [-0.2, -0.15) is 0 Å². The Hall–Kier alpha value is -2.94. The van der Waals surface area contributed by atoms with Gasteiger partial charge in [0.25, 0.3) is 5.91 Å². The van der Waals surface area contributed by atoms with Gasteiger partial charge in [0.05, 0.1) is 6.04 Å². The normalized spacial score (nSPS) is 11.7. The van der Waals surface area contributed by atoms with Crippen molar-refractivity contribution in [3.63, 3.8) is 0 Å². The number of ether oxygens (including phenoxy) is 1. The van der Waals surface area contributed by atoms with Crippen LogP contribution in [0.2, 0.25) is 0 Å². The highest BCUT2D eigenvalue weighted by Crippen LogP contribution is 2.13. The second-order valence-corrected chi connectivity index (χ2v) is 5.71. The first-order valence-corrected chi connectivity index (χ1v) is 8.31. The molecule has 1 atom stereocenters. The van der Waals surface area contributed by atoms with Crippen LogP contribution in [0.3, 0.4) is 0 Å². The molecule has 9 nitrogen and oxygen atoms in total. The Morgan fingerprint density at radius 2 is 2.15 bits per heavy atom. The van der Waals surface area contributed by atoms with Crippen LogP contribution < -0.4 is 16.0 Å². The molecule has 0 saturated heterocycles. The van der Waals surface area contributed by atoms with Gasteiger partial charge in [0, 0.05) is 38.6 Å². The zero-order valence-corrected chi connectivity index (χ0v) is 15.2. The molecule has 1 unspecified atom stereocenters. The summed E-state index contributed by atoms with van der Waals surface area (Å²) in [5.41, 5.74) is 0.994. The lowest BCUT2D eigenvalue weighted by molar-refractivity contribution is 0.0963. The molecule has 1 heterocycles. The molecule has 0 aliphatic heterocycles. The van der Waals surface area contributed by atoms with Gasteiger partial charge in [-0.25, -0.2) is 4.79 Å². The van der Waals surface area contributed by atoms with E-state index in [1.807, 2.05) is 11.5 Å². The number of methoxy groups -OCH3 is 1. The van der Waals surface area contributed by atoms with Gasteiger partial charge in [-0.3, -0.25) is 4.79 Å². The highest BCUT2D eigenvalue weighted by atomic mass is 16.5. The minimum absolute atomic E-state index is 0.216. The number of hydrogen-bond acceptors (Lipinski definition) is 5. The summed E-state index contributed by atoms with van der Waals surface area (Å²) >= 11 is 0. The molecule has 9 heteroatoms.